The van der Waals surface area contributed by atoms with Gasteiger partial charge in [-0.25, -0.2) is 4.39 Å². The second-order valence-corrected chi connectivity index (χ2v) is 2.98. The van der Waals surface area contributed by atoms with E-state index >= 15 is 0 Å². The van der Waals surface area contributed by atoms with Crippen LogP contribution in [0.1, 0.15) is 17.3 Å². The van der Waals surface area contributed by atoms with E-state index in [-0.39, 0.29) is 6.54 Å². The third kappa shape index (κ3) is 2.10. The van der Waals surface area contributed by atoms with Gasteiger partial charge in [0.25, 0.3) is 11.7 Å². The van der Waals surface area contributed by atoms with E-state index < -0.39 is 34.6 Å². The molecule has 5 nitrogen and oxygen atoms in total. The third-order valence-corrected chi connectivity index (χ3v) is 1.88. The Bertz CT molecular complexity index is 445. The predicted molar refractivity (Wildman–Crippen MR) is 52.7 cm³/mol. The van der Waals surface area contributed by atoms with E-state index in [0.717, 1.165) is 12.1 Å². The number of aromatic hydroxyl groups is 2. The molecule has 1 rings (SSSR count). The molecule has 0 atom stereocenters. The number of hydrogen-bond acceptors (Lipinski definition) is 4. The van der Waals surface area contributed by atoms with Gasteiger partial charge in [0.05, 0.1) is 5.56 Å². The lowest BCUT2D eigenvalue weighted by molar-refractivity contribution is -0.116. The van der Waals surface area contributed by atoms with Crippen molar-refractivity contribution in [1.29, 1.82) is 0 Å². The normalized spacial score (nSPS) is 9.88. The molecule has 1 aromatic carbocycles. The molecule has 16 heavy (non-hydrogen) atoms. The summed E-state index contributed by atoms with van der Waals surface area (Å²) in [6, 6.07) is 1.87. The molecule has 86 valence electrons. The van der Waals surface area contributed by atoms with Crippen molar-refractivity contribution < 1.29 is 24.2 Å². The quantitative estimate of drug-likeness (QED) is 0.400. The molecular weight excluding hydrogens is 217 g/mol. The summed E-state index contributed by atoms with van der Waals surface area (Å²) < 4.78 is 13.3. The number of hydrogen-bond donors (Lipinski definition) is 3. The number of rotatable bonds is 3. The molecule has 0 aliphatic carbocycles. The van der Waals surface area contributed by atoms with E-state index in [1.54, 1.807) is 6.92 Å². The van der Waals surface area contributed by atoms with Crippen molar-refractivity contribution in [3.05, 3.63) is 23.5 Å². The summed E-state index contributed by atoms with van der Waals surface area (Å²) in [5.41, 5.74) is -0.582. The number of Topliss-reactive ketones (excluding diaryl/α,β-unsaturated/α-hetero) is 1. The smallest absolute Gasteiger partial charge is 0.292 e. The Hall–Kier alpha value is -2.11. The molecule has 0 saturated carbocycles. The third-order valence-electron chi connectivity index (χ3n) is 1.88. The van der Waals surface area contributed by atoms with Crippen molar-refractivity contribution in [2.75, 3.05) is 6.54 Å². The highest BCUT2D eigenvalue weighted by Gasteiger charge is 2.22. The average molecular weight is 227 g/mol. The molecule has 1 amide bonds. The predicted octanol–water partition coefficient (Wildman–Crippen LogP) is 0.556. The van der Waals surface area contributed by atoms with Crippen LogP contribution in [0.5, 0.6) is 11.5 Å². The molecule has 0 aliphatic rings. The van der Waals surface area contributed by atoms with Gasteiger partial charge in [-0.15, -0.1) is 0 Å². The number of phenolic OH excluding ortho intramolecular Hbond substituents is 2. The van der Waals surface area contributed by atoms with Crippen molar-refractivity contribution in [2.24, 2.45) is 0 Å². The Morgan fingerprint density at radius 2 is 2.00 bits per heavy atom. The SMILES string of the molecule is CCNC(=O)C(=O)c1ccc(O)c(O)c1F. The fourth-order valence-electron chi connectivity index (χ4n) is 1.09. The number of carbonyl (C=O) groups is 2. The number of ketones is 1. The largest absolute Gasteiger partial charge is 0.504 e. The number of amides is 1. The molecule has 0 radical (unpaired) electrons. The summed E-state index contributed by atoms with van der Waals surface area (Å²) in [6.45, 7) is 1.84. The maximum atomic E-state index is 13.3. The van der Waals surface area contributed by atoms with Crippen molar-refractivity contribution in [3.63, 3.8) is 0 Å². The van der Waals surface area contributed by atoms with Crippen molar-refractivity contribution in [1.82, 2.24) is 5.32 Å². The van der Waals surface area contributed by atoms with Gasteiger partial charge in [-0.2, -0.15) is 0 Å². The van der Waals surface area contributed by atoms with Gasteiger partial charge in [0.1, 0.15) is 0 Å². The van der Waals surface area contributed by atoms with Crippen LogP contribution in [-0.4, -0.2) is 28.4 Å². The maximum absolute atomic E-state index is 13.3. The zero-order chi connectivity index (χ0) is 12.3. The Balaban J connectivity index is 3.10. The zero-order valence-electron chi connectivity index (χ0n) is 8.45. The molecule has 0 bridgehead atoms. The van der Waals surface area contributed by atoms with Gasteiger partial charge in [-0.05, 0) is 19.1 Å². The fourth-order valence-corrected chi connectivity index (χ4v) is 1.09. The molecule has 0 unspecified atom stereocenters. The topological polar surface area (TPSA) is 86.6 Å². The molecule has 0 fully saturated rings. The molecule has 0 heterocycles. The number of nitrogens with one attached hydrogen (secondary N) is 1. The zero-order valence-corrected chi connectivity index (χ0v) is 8.45. The lowest BCUT2D eigenvalue weighted by Gasteiger charge is -2.05. The van der Waals surface area contributed by atoms with Gasteiger partial charge in [0.2, 0.25) is 0 Å². The van der Waals surface area contributed by atoms with Gasteiger partial charge >= 0.3 is 0 Å². The van der Waals surface area contributed by atoms with E-state index in [1.165, 1.54) is 0 Å². The van der Waals surface area contributed by atoms with Gasteiger partial charge in [-0.3, -0.25) is 9.59 Å². The Kier molecular flexibility index (Phi) is 3.44. The minimum atomic E-state index is -1.31. The van der Waals surface area contributed by atoms with E-state index in [9.17, 15) is 14.0 Å². The summed E-state index contributed by atoms with van der Waals surface area (Å²) in [7, 11) is 0. The van der Waals surface area contributed by atoms with Crippen LogP contribution >= 0.6 is 0 Å². The molecule has 0 saturated heterocycles. The minimum absolute atomic E-state index is 0.232. The first-order chi connectivity index (χ1) is 7.49. The standard InChI is InChI=1S/C10H10FNO4/c1-2-12-10(16)8(14)5-3-4-6(13)9(15)7(5)11/h3-4,13,15H,2H2,1H3,(H,12,16). The highest BCUT2D eigenvalue weighted by Crippen LogP contribution is 2.29. The molecular formula is C10H10FNO4. The lowest BCUT2D eigenvalue weighted by atomic mass is 10.1. The van der Waals surface area contributed by atoms with Crippen molar-refractivity contribution in [2.45, 2.75) is 6.92 Å². The van der Waals surface area contributed by atoms with Crippen LogP contribution in [-0.2, 0) is 4.79 Å². The van der Waals surface area contributed by atoms with Crippen LogP contribution in [0.3, 0.4) is 0 Å². The van der Waals surface area contributed by atoms with Crippen LogP contribution < -0.4 is 5.32 Å². The minimum Gasteiger partial charge on any atom is -0.504 e. The molecule has 0 aromatic heterocycles. The van der Waals surface area contributed by atoms with Gasteiger partial charge < -0.3 is 15.5 Å². The first-order valence-electron chi connectivity index (χ1n) is 4.52. The van der Waals surface area contributed by atoms with E-state index in [0.29, 0.717) is 0 Å². The summed E-state index contributed by atoms with van der Waals surface area (Å²) in [6.07, 6.45) is 0. The fraction of sp³-hybridized carbons (Fsp3) is 0.200. The number of benzene rings is 1. The first kappa shape index (κ1) is 12.0. The summed E-state index contributed by atoms with van der Waals surface area (Å²) >= 11 is 0. The van der Waals surface area contributed by atoms with Gasteiger partial charge in [0.15, 0.2) is 17.3 Å². The lowest BCUT2D eigenvalue weighted by Crippen LogP contribution is -2.31. The van der Waals surface area contributed by atoms with Crippen LogP contribution in [0.2, 0.25) is 0 Å². The first-order valence-corrected chi connectivity index (χ1v) is 4.52. The van der Waals surface area contributed by atoms with Gasteiger partial charge in [0, 0.05) is 6.54 Å². The average Bonchev–Trinajstić information content (AvgIpc) is 2.26. The van der Waals surface area contributed by atoms with Crippen LogP contribution in [0.25, 0.3) is 0 Å². The summed E-state index contributed by atoms with van der Waals surface area (Å²) in [5, 5.41) is 20.2. The highest BCUT2D eigenvalue weighted by atomic mass is 19.1. The highest BCUT2D eigenvalue weighted by molar-refractivity contribution is 6.42. The van der Waals surface area contributed by atoms with E-state index in [2.05, 4.69) is 5.32 Å². The number of carbonyl (C=O) groups excluding carboxylic acids is 2. The molecule has 6 heteroatoms. The summed E-state index contributed by atoms with van der Waals surface area (Å²) in [4.78, 5) is 22.5. The van der Waals surface area contributed by atoms with Crippen LogP contribution in [0.15, 0.2) is 12.1 Å². The Labute approximate surface area is 90.5 Å². The Morgan fingerprint density at radius 1 is 1.38 bits per heavy atom. The van der Waals surface area contributed by atoms with Crippen molar-refractivity contribution in [3.8, 4) is 11.5 Å². The Morgan fingerprint density at radius 3 is 2.56 bits per heavy atom. The van der Waals surface area contributed by atoms with Crippen LogP contribution in [0.4, 0.5) is 4.39 Å². The van der Waals surface area contributed by atoms with Crippen LogP contribution in [0, 0.1) is 5.82 Å². The second-order valence-electron chi connectivity index (χ2n) is 2.98. The number of halogens is 1. The van der Waals surface area contributed by atoms with Crippen molar-refractivity contribution >= 4 is 11.7 Å². The molecule has 0 spiro atoms. The summed E-state index contributed by atoms with van der Waals surface area (Å²) in [5.74, 6) is -5.11. The number of likely N-dealkylation sites (N-methyl/N-ethyl adjacent to an activating group) is 1. The van der Waals surface area contributed by atoms with E-state index in [1.807, 2.05) is 0 Å². The van der Waals surface area contributed by atoms with E-state index in [4.69, 9.17) is 10.2 Å². The second kappa shape index (κ2) is 4.61. The molecule has 3 N–H and O–H groups in total. The monoisotopic (exact) mass is 227 g/mol. The number of phenols is 2. The van der Waals surface area contributed by atoms with Gasteiger partial charge in [-0.1, -0.05) is 0 Å². The molecule has 1 aromatic rings. The maximum Gasteiger partial charge on any atom is 0.292 e. The molecule has 0 aliphatic heterocycles.